The molecule has 0 atom stereocenters. The first-order valence-corrected chi connectivity index (χ1v) is 22.8. The second-order valence-electron chi connectivity index (χ2n) is 17.4. The van der Waals surface area contributed by atoms with Gasteiger partial charge in [0, 0.05) is 43.6 Å². The summed E-state index contributed by atoms with van der Waals surface area (Å²) in [4.78, 5) is 10.8. The Hall–Kier alpha value is -9.20. The summed E-state index contributed by atoms with van der Waals surface area (Å²) < 4.78 is 11.7. The minimum absolute atomic E-state index is 0.852. The molecule has 0 aliphatic carbocycles. The molecule has 0 aliphatic rings. The molecule has 312 valence electrons. The van der Waals surface area contributed by atoms with E-state index in [0.717, 1.165) is 95.1 Å². The van der Waals surface area contributed by atoms with E-state index in [4.69, 9.17) is 9.97 Å². The Labute approximate surface area is 382 Å². The molecule has 67 heavy (non-hydrogen) atoms. The van der Waals surface area contributed by atoms with E-state index in [1.165, 1.54) is 32.3 Å². The summed E-state index contributed by atoms with van der Waals surface area (Å²) in [6.07, 6.45) is 0. The zero-order valence-electron chi connectivity index (χ0n) is 36.0. The Morgan fingerprint density at radius 2 is 0.716 bits per heavy atom. The highest BCUT2D eigenvalue weighted by atomic mass is 15.2. The molecule has 15 rings (SSSR count). The number of fused-ring (bicyclic) bond motifs is 14. The van der Waals surface area contributed by atoms with Gasteiger partial charge in [0.15, 0.2) is 0 Å². The van der Waals surface area contributed by atoms with E-state index < -0.39 is 0 Å². The molecule has 0 radical (unpaired) electrons. The highest BCUT2D eigenvalue weighted by molar-refractivity contribution is 6.12. The molecule has 15 aromatic rings. The Morgan fingerprint density at radius 3 is 1.30 bits per heavy atom. The van der Waals surface area contributed by atoms with E-state index >= 15 is 0 Å². The van der Waals surface area contributed by atoms with Gasteiger partial charge in [0.1, 0.15) is 11.6 Å². The lowest BCUT2D eigenvalue weighted by Crippen LogP contribution is -2.05. The maximum Gasteiger partial charge on any atom is 0.220 e. The van der Waals surface area contributed by atoms with Crippen molar-refractivity contribution in [2.75, 3.05) is 0 Å². The van der Waals surface area contributed by atoms with Crippen molar-refractivity contribution >= 4 is 93.3 Å². The van der Waals surface area contributed by atoms with Crippen LogP contribution in [0.1, 0.15) is 0 Å². The van der Waals surface area contributed by atoms with E-state index in [1.54, 1.807) is 0 Å². The molecular weight excluding hydrogens is 819 g/mol. The van der Waals surface area contributed by atoms with Gasteiger partial charge in [-0.15, -0.1) is 0 Å². The van der Waals surface area contributed by atoms with Crippen LogP contribution in [0.3, 0.4) is 0 Å². The van der Waals surface area contributed by atoms with Crippen molar-refractivity contribution in [3.63, 3.8) is 0 Å². The monoisotopic (exact) mass is 855 g/mol. The number of pyridine rings is 1. The lowest BCUT2D eigenvalue weighted by molar-refractivity contribution is 1.01. The van der Waals surface area contributed by atoms with Gasteiger partial charge in [-0.25, -0.2) is 9.97 Å². The predicted octanol–water partition coefficient (Wildman–Crippen LogP) is 14.8. The summed E-state index contributed by atoms with van der Waals surface area (Å²) in [6, 6.07) is 80.7. The Kier molecular flexibility index (Phi) is 7.37. The molecule has 0 unspecified atom stereocenters. The van der Waals surface area contributed by atoms with Crippen molar-refractivity contribution in [3.05, 3.63) is 224 Å². The van der Waals surface area contributed by atoms with Crippen molar-refractivity contribution in [1.82, 2.24) is 32.6 Å². The van der Waals surface area contributed by atoms with Crippen LogP contribution in [0.4, 0.5) is 0 Å². The van der Waals surface area contributed by atoms with E-state index in [9.17, 15) is 0 Å². The van der Waals surface area contributed by atoms with E-state index in [2.05, 4.69) is 247 Å². The fourth-order valence-corrected chi connectivity index (χ4v) is 11.1. The maximum absolute atomic E-state index is 5.64. The summed E-state index contributed by atoms with van der Waals surface area (Å²) in [6.45, 7) is 0. The molecule has 0 N–H and O–H groups in total. The van der Waals surface area contributed by atoms with Gasteiger partial charge < -0.3 is 4.57 Å². The zero-order chi connectivity index (χ0) is 43.7. The normalized spacial score (nSPS) is 12.2. The van der Waals surface area contributed by atoms with Crippen LogP contribution >= 0.6 is 0 Å². The molecule has 0 spiro atoms. The first-order chi connectivity index (χ1) is 33.3. The van der Waals surface area contributed by atoms with Crippen molar-refractivity contribution in [2.45, 2.75) is 0 Å². The molecular formula is C60H37N7. The molecule has 0 fully saturated rings. The largest absolute Gasteiger partial charge is 0.309 e. The molecule has 7 nitrogen and oxygen atoms in total. The molecule has 0 bridgehead atoms. The van der Waals surface area contributed by atoms with Crippen molar-refractivity contribution < 1.29 is 0 Å². The van der Waals surface area contributed by atoms with Gasteiger partial charge in [0.25, 0.3) is 0 Å². The molecule has 0 saturated carbocycles. The number of hydrogen-bond donors (Lipinski definition) is 0. The first kappa shape index (κ1) is 36.2. The smallest absolute Gasteiger partial charge is 0.220 e. The van der Waals surface area contributed by atoms with Gasteiger partial charge in [-0.2, -0.15) is 0 Å². The predicted molar refractivity (Wildman–Crippen MR) is 276 cm³/mol. The van der Waals surface area contributed by atoms with Gasteiger partial charge >= 0.3 is 0 Å². The minimum Gasteiger partial charge on any atom is -0.309 e. The topological polar surface area (TPSA) is 49.9 Å². The second-order valence-corrected chi connectivity index (χ2v) is 17.4. The van der Waals surface area contributed by atoms with Crippen LogP contribution in [0.2, 0.25) is 0 Å². The van der Waals surface area contributed by atoms with Crippen molar-refractivity contribution in [2.24, 2.45) is 0 Å². The fraction of sp³-hybridized carbons (Fsp3) is 0. The summed E-state index contributed by atoms with van der Waals surface area (Å²) in [5.41, 5.74) is 15.3. The Morgan fingerprint density at radius 1 is 0.284 bits per heavy atom. The summed E-state index contributed by atoms with van der Waals surface area (Å²) >= 11 is 0. The maximum atomic E-state index is 5.64. The molecule has 9 aromatic carbocycles. The molecule has 0 amide bonds. The first-order valence-electron chi connectivity index (χ1n) is 22.8. The van der Waals surface area contributed by atoms with Crippen LogP contribution in [0.5, 0.6) is 0 Å². The standard InChI is InChI=1S/C60H37N7/c1-8-24-48(64-49-25-9-6-22-45(49)46-37-39(33-34-54(46)64)63-56-31-15-16-32-57(56)67-55-30-14-7-23-47(55)61-60(63)67)40(17-1)38-35-58(65-50-26-10-2-18-41(50)42-19-3-11-27-51(42)65)62-59(36-38)66-52-28-12-4-20-43(52)44-21-5-13-29-53(44)66/h1-37H. The third kappa shape index (κ3) is 5.05. The fourth-order valence-electron chi connectivity index (χ4n) is 11.1. The quantitative estimate of drug-likeness (QED) is 0.173. The summed E-state index contributed by atoms with van der Waals surface area (Å²) in [5.74, 6) is 2.60. The SMILES string of the molecule is c1ccc(-n2c3ccccc3c3cc(-n4c5ccccc5n5c6ccccc6nc45)ccc32)c(-c2cc(-n3c4ccccc4c4ccccc43)nc(-n3c4ccccc4c4ccccc43)c2)c1. The van der Waals surface area contributed by atoms with Crippen LogP contribution in [0.25, 0.3) is 127 Å². The Balaban J connectivity index is 0.998. The number of nitrogens with zero attached hydrogens (tertiary/aromatic N) is 7. The van der Waals surface area contributed by atoms with Gasteiger partial charge in [0.2, 0.25) is 5.78 Å². The molecule has 6 heterocycles. The number of imidazole rings is 2. The van der Waals surface area contributed by atoms with E-state index in [-0.39, 0.29) is 0 Å². The number of benzene rings is 9. The highest BCUT2D eigenvalue weighted by Gasteiger charge is 2.23. The lowest BCUT2D eigenvalue weighted by atomic mass is 10.0. The number of hydrogen-bond acceptors (Lipinski definition) is 2. The van der Waals surface area contributed by atoms with Crippen LogP contribution in [-0.2, 0) is 0 Å². The third-order valence-electron chi connectivity index (χ3n) is 13.9. The minimum atomic E-state index is 0.852. The van der Waals surface area contributed by atoms with Crippen LogP contribution < -0.4 is 0 Å². The zero-order valence-corrected chi connectivity index (χ0v) is 36.0. The Bertz CT molecular complexity index is 4290. The lowest BCUT2D eigenvalue weighted by Gasteiger charge is -2.18. The van der Waals surface area contributed by atoms with Crippen LogP contribution in [0, 0.1) is 0 Å². The van der Waals surface area contributed by atoms with Crippen molar-refractivity contribution in [1.29, 1.82) is 0 Å². The summed E-state index contributed by atoms with van der Waals surface area (Å²) in [7, 11) is 0. The van der Waals surface area contributed by atoms with E-state index in [1.807, 2.05) is 0 Å². The van der Waals surface area contributed by atoms with Crippen LogP contribution in [-0.4, -0.2) is 32.6 Å². The average Bonchev–Trinajstić information content (AvgIpc) is 4.18. The van der Waals surface area contributed by atoms with E-state index in [0.29, 0.717) is 0 Å². The second kappa shape index (κ2) is 13.7. The van der Waals surface area contributed by atoms with Crippen LogP contribution in [0.15, 0.2) is 224 Å². The van der Waals surface area contributed by atoms with Gasteiger partial charge in [-0.05, 0) is 96.6 Å². The highest BCUT2D eigenvalue weighted by Crippen LogP contribution is 2.41. The number of aromatic nitrogens is 7. The molecule has 0 saturated heterocycles. The molecule has 7 heteroatoms. The molecule has 0 aliphatic heterocycles. The number of rotatable bonds is 5. The van der Waals surface area contributed by atoms with Crippen molar-refractivity contribution in [3.8, 4) is 34.1 Å². The third-order valence-corrected chi connectivity index (χ3v) is 13.9. The van der Waals surface area contributed by atoms with Gasteiger partial charge in [0.05, 0.1) is 60.9 Å². The van der Waals surface area contributed by atoms with Gasteiger partial charge in [-0.3, -0.25) is 18.1 Å². The van der Waals surface area contributed by atoms with Gasteiger partial charge in [-0.1, -0.05) is 133 Å². The summed E-state index contributed by atoms with van der Waals surface area (Å²) in [5, 5.41) is 7.14. The number of para-hydroxylation sites is 10. The molecule has 6 aromatic heterocycles. The average molecular weight is 856 g/mol.